The Bertz CT molecular complexity index is 538. The first-order valence-corrected chi connectivity index (χ1v) is 6.97. The van der Waals surface area contributed by atoms with E-state index in [-0.39, 0.29) is 0 Å². The Morgan fingerprint density at radius 3 is 2.85 bits per heavy atom. The van der Waals surface area contributed by atoms with Crippen molar-refractivity contribution in [1.29, 1.82) is 0 Å². The van der Waals surface area contributed by atoms with Gasteiger partial charge in [0.15, 0.2) is 0 Å². The minimum Gasteiger partial charge on any atom is -0.464 e. The molecule has 0 spiro atoms. The molecule has 2 rings (SSSR count). The van der Waals surface area contributed by atoms with E-state index < -0.39 is 0 Å². The van der Waals surface area contributed by atoms with Gasteiger partial charge in [0.1, 0.15) is 17.3 Å². The van der Waals surface area contributed by atoms with E-state index in [1.165, 1.54) is 0 Å². The van der Waals surface area contributed by atoms with Gasteiger partial charge >= 0.3 is 0 Å². The standard InChI is InChI=1S/C15H22N4O/c1-4-7-16-8-13-9-17-10-15(18-13)19(3)11-14-6-5-12(2)20-14/h5-6,9-10,16H,4,7-8,11H2,1-3H3. The lowest BCUT2D eigenvalue weighted by atomic mass is 10.4. The van der Waals surface area contributed by atoms with Crippen LogP contribution in [-0.2, 0) is 13.1 Å². The summed E-state index contributed by atoms with van der Waals surface area (Å²) in [5, 5.41) is 3.33. The van der Waals surface area contributed by atoms with E-state index in [1.807, 2.05) is 31.0 Å². The third-order valence-electron chi connectivity index (χ3n) is 2.98. The first kappa shape index (κ1) is 14.5. The van der Waals surface area contributed by atoms with Crippen molar-refractivity contribution in [1.82, 2.24) is 15.3 Å². The predicted octanol–water partition coefficient (Wildman–Crippen LogP) is 2.51. The number of nitrogens with one attached hydrogen (secondary N) is 1. The Morgan fingerprint density at radius 2 is 2.15 bits per heavy atom. The molecule has 2 aromatic heterocycles. The number of hydrogen-bond acceptors (Lipinski definition) is 5. The van der Waals surface area contributed by atoms with Crippen LogP contribution in [0.1, 0.15) is 30.6 Å². The second-order valence-corrected chi connectivity index (χ2v) is 4.91. The number of rotatable bonds is 7. The molecule has 5 nitrogen and oxygen atoms in total. The molecule has 2 aromatic rings. The molecule has 0 bridgehead atoms. The van der Waals surface area contributed by atoms with Gasteiger partial charge in [-0.25, -0.2) is 4.98 Å². The average Bonchev–Trinajstić information content (AvgIpc) is 2.85. The smallest absolute Gasteiger partial charge is 0.147 e. The van der Waals surface area contributed by atoms with Gasteiger partial charge in [0.2, 0.25) is 0 Å². The maximum absolute atomic E-state index is 5.58. The highest BCUT2D eigenvalue weighted by Gasteiger charge is 2.07. The van der Waals surface area contributed by atoms with Gasteiger partial charge in [0, 0.05) is 19.8 Å². The van der Waals surface area contributed by atoms with Crippen LogP contribution in [-0.4, -0.2) is 23.6 Å². The number of furan rings is 1. The maximum atomic E-state index is 5.58. The van der Waals surface area contributed by atoms with Gasteiger partial charge in [-0.15, -0.1) is 0 Å². The van der Waals surface area contributed by atoms with Crippen LogP contribution < -0.4 is 10.2 Å². The van der Waals surface area contributed by atoms with Gasteiger partial charge in [-0.05, 0) is 32.0 Å². The highest BCUT2D eigenvalue weighted by Crippen LogP contribution is 2.14. The molecule has 0 saturated carbocycles. The Balaban J connectivity index is 1.98. The summed E-state index contributed by atoms with van der Waals surface area (Å²) in [6.45, 7) is 6.53. The maximum Gasteiger partial charge on any atom is 0.147 e. The predicted molar refractivity (Wildman–Crippen MR) is 79.6 cm³/mol. The van der Waals surface area contributed by atoms with Gasteiger partial charge in [-0.1, -0.05) is 6.92 Å². The SMILES string of the molecule is CCCNCc1cncc(N(C)Cc2ccc(C)o2)n1. The summed E-state index contributed by atoms with van der Waals surface area (Å²) in [6, 6.07) is 3.96. The first-order valence-electron chi connectivity index (χ1n) is 6.97. The fourth-order valence-corrected chi connectivity index (χ4v) is 1.94. The molecule has 0 atom stereocenters. The second-order valence-electron chi connectivity index (χ2n) is 4.91. The number of anilines is 1. The first-order chi connectivity index (χ1) is 9.69. The summed E-state index contributed by atoms with van der Waals surface area (Å²) < 4.78 is 5.58. The van der Waals surface area contributed by atoms with Crippen molar-refractivity contribution in [3.63, 3.8) is 0 Å². The van der Waals surface area contributed by atoms with Gasteiger partial charge in [0.05, 0.1) is 18.4 Å². The molecule has 0 radical (unpaired) electrons. The lowest BCUT2D eigenvalue weighted by molar-refractivity contribution is 0.481. The summed E-state index contributed by atoms with van der Waals surface area (Å²) in [4.78, 5) is 10.9. The zero-order valence-electron chi connectivity index (χ0n) is 12.4. The molecule has 0 aliphatic carbocycles. The quantitative estimate of drug-likeness (QED) is 0.786. The van der Waals surface area contributed by atoms with Gasteiger partial charge < -0.3 is 14.6 Å². The molecule has 5 heteroatoms. The van der Waals surface area contributed by atoms with Crippen molar-refractivity contribution in [3.05, 3.63) is 41.7 Å². The molecular formula is C15H22N4O. The van der Waals surface area contributed by atoms with Gasteiger partial charge in [-0.3, -0.25) is 4.98 Å². The molecule has 0 aliphatic rings. The molecule has 0 fully saturated rings. The molecule has 2 heterocycles. The fourth-order valence-electron chi connectivity index (χ4n) is 1.94. The molecule has 0 aromatic carbocycles. The highest BCUT2D eigenvalue weighted by molar-refractivity contribution is 5.35. The summed E-state index contributed by atoms with van der Waals surface area (Å²) in [7, 11) is 1.99. The van der Waals surface area contributed by atoms with Crippen LogP contribution >= 0.6 is 0 Å². The minimum absolute atomic E-state index is 0.689. The van der Waals surface area contributed by atoms with E-state index in [0.717, 1.165) is 42.5 Å². The van der Waals surface area contributed by atoms with Crippen molar-refractivity contribution in [3.8, 4) is 0 Å². The van der Waals surface area contributed by atoms with Crippen LogP contribution in [0.2, 0.25) is 0 Å². The summed E-state index contributed by atoms with van der Waals surface area (Å²) >= 11 is 0. The molecule has 0 amide bonds. The van der Waals surface area contributed by atoms with E-state index in [0.29, 0.717) is 6.54 Å². The second kappa shape index (κ2) is 7.05. The zero-order chi connectivity index (χ0) is 14.4. The third-order valence-corrected chi connectivity index (χ3v) is 2.98. The molecule has 1 N–H and O–H groups in total. The van der Waals surface area contributed by atoms with Crippen molar-refractivity contribution >= 4 is 5.82 Å². The van der Waals surface area contributed by atoms with Crippen LogP contribution in [0.5, 0.6) is 0 Å². The summed E-state index contributed by atoms with van der Waals surface area (Å²) in [5.74, 6) is 2.72. The lowest BCUT2D eigenvalue weighted by Crippen LogP contribution is -2.20. The van der Waals surface area contributed by atoms with Crippen LogP contribution in [0.3, 0.4) is 0 Å². The lowest BCUT2D eigenvalue weighted by Gasteiger charge is -2.17. The Kier molecular flexibility index (Phi) is 5.12. The van der Waals surface area contributed by atoms with Crippen molar-refractivity contribution < 1.29 is 4.42 Å². The normalized spacial score (nSPS) is 10.8. The largest absolute Gasteiger partial charge is 0.464 e. The zero-order valence-corrected chi connectivity index (χ0v) is 12.4. The molecule has 108 valence electrons. The van der Waals surface area contributed by atoms with E-state index >= 15 is 0 Å². The highest BCUT2D eigenvalue weighted by atomic mass is 16.3. The Hall–Kier alpha value is -1.88. The fraction of sp³-hybridized carbons (Fsp3) is 0.467. The monoisotopic (exact) mass is 274 g/mol. The molecular weight excluding hydrogens is 252 g/mol. The minimum atomic E-state index is 0.689. The van der Waals surface area contributed by atoms with Crippen LogP contribution in [0.25, 0.3) is 0 Å². The van der Waals surface area contributed by atoms with E-state index in [1.54, 1.807) is 12.4 Å². The Morgan fingerprint density at radius 1 is 1.30 bits per heavy atom. The van der Waals surface area contributed by atoms with E-state index in [4.69, 9.17) is 4.42 Å². The van der Waals surface area contributed by atoms with Crippen LogP contribution in [0, 0.1) is 6.92 Å². The number of nitrogens with zero attached hydrogens (tertiary/aromatic N) is 3. The summed E-state index contributed by atoms with van der Waals surface area (Å²) in [5.41, 5.74) is 0.957. The van der Waals surface area contributed by atoms with E-state index in [2.05, 4.69) is 22.2 Å². The number of aromatic nitrogens is 2. The van der Waals surface area contributed by atoms with Gasteiger partial charge in [0.25, 0.3) is 0 Å². The molecule has 0 saturated heterocycles. The van der Waals surface area contributed by atoms with Crippen LogP contribution in [0.15, 0.2) is 28.9 Å². The Labute approximate surface area is 120 Å². The molecule has 0 unspecified atom stereocenters. The van der Waals surface area contributed by atoms with Crippen molar-refractivity contribution in [2.24, 2.45) is 0 Å². The number of hydrogen-bond donors (Lipinski definition) is 1. The third kappa shape index (κ3) is 4.06. The van der Waals surface area contributed by atoms with Crippen molar-refractivity contribution in [2.75, 3.05) is 18.5 Å². The molecule has 20 heavy (non-hydrogen) atoms. The summed E-state index contributed by atoms with van der Waals surface area (Å²) in [6.07, 6.45) is 4.70. The van der Waals surface area contributed by atoms with Gasteiger partial charge in [-0.2, -0.15) is 0 Å². The van der Waals surface area contributed by atoms with Crippen LogP contribution in [0.4, 0.5) is 5.82 Å². The number of aryl methyl sites for hydroxylation is 1. The molecule has 0 aliphatic heterocycles. The van der Waals surface area contributed by atoms with E-state index in [9.17, 15) is 0 Å². The topological polar surface area (TPSA) is 54.2 Å². The average molecular weight is 274 g/mol. The van der Waals surface area contributed by atoms with Crippen molar-refractivity contribution in [2.45, 2.75) is 33.4 Å².